The molecule has 0 aromatic carbocycles. The van der Waals surface area contributed by atoms with E-state index >= 15 is 0 Å². The highest BCUT2D eigenvalue weighted by molar-refractivity contribution is 4.59. The number of nitrogens with one attached hydrogen (secondary N) is 1. The topological polar surface area (TPSA) is 33.7 Å². The third-order valence-electron chi connectivity index (χ3n) is 2.60. The fraction of sp³-hybridized carbons (Fsp3) is 1.00. The summed E-state index contributed by atoms with van der Waals surface area (Å²) in [6, 6.07) is 0. The zero-order valence-electron chi connectivity index (χ0n) is 12.0. The Hall–Kier alpha value is -0.160. The van der Waals surface area contributed by atoms with Gasteiger partial charge in [-0.1, -0.05) is 13.8 Å². The van der Waals surface area contributed by atoms with Gasteiger partial charge in [0.25, 0.3) is 0 Å². The number of methoxy groups -OCH3 is 2. The van der Waals surface area contributed by atoms with Crippen molar-refractivity contribution in [2.24, 2.45) is 5.92 Å². The zero-order valence-corrected chi connectivity index (χ0v) is 12.0. The second-order valence-corrected chi connectivity index (χ2v) is 4.78. The highest BCUT2D eigenvalue weighted by Crippen LogP contribution is 1.93. The van der Waals surface area contributed by atoms with Crippen molar-refractivity contribution >= 4 is 0 Å². The summed E-state index contributed by atoms with van der Waals surface area (Å²) < 4.78 is 10.2. The number of hydrogen-bond acceptors (Lipinski definition) is 4. The average Bonchev–Trinajstić information content (AvgIpc) is 2.30. The number of ether oxygens (including phenoxy) is 2. The molecule has 0 aliphatic heterocycles. The van der Waals surface area contributed by atoms with Crippen molar-refractivity contribution in [2.45, 2.75) is 20.3 Å². The highest BCUT2D eigenvalue weighted by Gasteiger charge is 2.03. The summed E-state index contributed by atoms with van der Waals surface area (Å²) in [4.78, 5) is 2.39. The lowest BCUT2D eigenvalue weighted by molar-refractivity contribution is 0.113. The molecule has 0 bridgehead atoms. The molecule has 1 N–H and O–H groups in total. The minimum Gasteiger partial charge on any atom is -0.383 e. The molecule has 0 aromatic rings. The van der Waals surface area contributed by atoms with Crippen molar-refractivity contribution in [3.05, 3.63) is 0 Å². The Kier molecular flexibility index (Phi) is 12.2. The summed E-state index contributed by atoms with van der Waals surface area (Å²) in [6.07, 6.45) is 1.18. The quantitative estimate of drug-likeness (QED) is 0.525. The van der Waals surface area contributed by atoms with E-state index in [2.05, 4.69) is 24.1 Å². The van der Waals surface area contributed by atoms with Crippen LogP contribution in [0.4, 0.5) is 0 Å². The van der Waals surface area contributed by atoms with Crippen LogP contribution < -0.4 is 5.32 Å². The van der Waals surface area contributed by atoms with E-state index in [1.807, 2.05) is 0 Å². The van der Waals surface area contributed by atoms with Crippen LogP contribution in [-0.4, -0.2) is 65.1 Å². The SMILES string of the molecule is COCCN(CCCNCC(C)C)CCOC. The van der Waals surface area contributed by atoms with E-state index in [0.717, 1.165) is 51.9 Å². The number of nitrogens with zero attached hydrogens (tertiary/aromatic N) is 1. The van der Waals surface area contributed by atoms with Gasteiger partial charge >= 0.3 is 0 Å². The van der Waals surface area contributed by atoms with Gasteiger partial charge in [0.05, 0.1) is 13.2 Å². The molecule has 0 aliphatic carbocycles. The molecular formula is C13H30N2O2. The minimum absolute atomic E-state index is 0.730. The largest absolute Gasteiger partial charge is 0.383 e. The molecule has 17 heavy (non-hydrogen) atoms. The summed E-state index contributed by atoms with van der Waals surface area (Å²) in [7, 11) is 3.50. The molecule has 104 valence electrons. The molecule has 0 aromatic heterocycles. The predicted molar refractivity (Wildman–Crippen MR) is 72.5 cm³/mol. The maximum absolute atomic E-state index is 5.11. The van der Waals surface area contributed by atoms with Crippen molar-refractivity contribution in [3.63, 3.8) is 0 Å². The van der Waals surface area contributed by atoms with Crippen LogP contribution in [0.1, 0.15) is 20.3 Å². The normalized spacial score (nSPS) is 11.6. The molecule has 0 fully saturated rings. The van der Waals surface area contributed by atoms with Crippen LogP contribution >= 0.6 is 0 Å². The average molecular weight is 246 g/mol. The first-order valence-electron chi connectivity index (χ1n) is 6.61. The summed E-state index contributed by atoms with van der Waals surface area (Å²) in [5.41, 5.74) is 0. The molecule has 0 radical (unpaired) electrons. The lowest BCUT2D eigenvalue weighted by Gasteiger charge is -2.21. The van der Waals surface area contributed by atoms with Crippen molar-refractivity contribution < 1.29 is 9.47 Å². The van der Waals surface area contributed by atoms with Crippen molar-refractivity contribution in [3.8, 4) is 0 Å². The first-order chi connectivity index (χ1) is 8.20. The van der Waals surface area contributed by atoms with Gasteiger partial charge in [0.15, 0.2) is 0 Å². The van der Waals surface area contributed by atoms with Gasteiger partial charge < -0.3 is 14.8 Å². The van der Waals surface area contributed by atoms with E-state index in [4.69, 9.17) is 9.47 Å². The number of hydrogen-bond donors (Lipinski definition) is 1. The summed E-state index contributed by atoms with van der Waals surface area (Å²) >= 11 is 0. The fourth-order valence-electron chi connectivity index (χ4n) is 1.59. The molecule has 0 saturated heterocycles. The van der Waals surface area contributed by atoms with E-state index < -0.39 is 0 Å². The molecule has 0 saturated carbocycles. The molecule has 4 heteroatoms. The van der Waals surface area contributed by atoms with Gasteiger partial charge in [-0.2, -0.15) is 0 Å². The maximum Gasteiger partial charge on any atom is 0.0589 e. The molecular weight excluding hydrogens is 216 g/mol. The third-order valence-corrected chi connectivity index (χ3v) is 2.60. The van der Waals surface area contributed by atoms with Gasteiger partial charge in [-0.05, 0) is 32.0 Å². The monoisotopic (exact) mass is 246 g/mol. The Labute approximate surface area is 107 Å². The molecule has 0 atom stereocenters. The Morgan fingerprint density at radius 2 is 1.59 bits per heavy atom. The Bertz CT molecular complexity index is 146. The van der Waals surface area contributed by atoms with Gasteiger partial charge in [-0.3, -0.25) is 4.90 Å². The van der Waals surface area contributed by atoms with Gasteiger partial charge in [0, 0.05) is 27.3 Å². The molecule has 0 aliphatic rings. The van der Waals surface area contributed by atoms with Gasteiger partial charge in [0.2, 0.25) is 0 Å². The molecule has 0 heterocycles. The van der Waals surface area contributed by atoms with Crippen LogP contribution in [0.5, 0.6) is 0 Å². The molecule has 0 spiro atoms. The lowest BCUT2D eigenvalue weighted by Crippen LogP contribution is -2.33. The summed E-state index contributed by atoms with van der Waals surface area (Å²) in [5.74, 6) is 0.730. The lowest BCUT2D eigenvalue weighted by atomic mass is 10.2. The molecule has 0 rings (SSSR count). The number of rotatable bonds is 12. The van der Waals surface area contributed by atoms with E-state index in [0.29, 0.717) is 0 Å². The Balaban J connectivity index is 3.52. The molecule has 4 nitrogen and oxygen atoms in total. The summed E-state index contributed by atoms with van der Waals surface area (Å²) in [6.45, 7) is 11.3. The maximum atomic E-state index is 5.11. The second-order valence-electron chi connectivity index (χ2n) is 4.78. The smallest absolute Gasteiger partial charge is 0.0589 e. The first-order valence-corrected chi connectivity index (χ1v) is 6.61. The zero-order chi connectivity index (χ0) is 12.9. The highest BCUT2D eigenvalue weighted by atomic mass is 16.5. The minimum atomic E-state index is 0.730. The predicted octanol–water partition coefficient (Wildman–Crippen LogP) is 1.22. The van der Waals surface area contributed by atoms with Crippen LogP contribution in [0.15, 0.2) is 0 Å². The standard InChI is InChI=1S/C13H30N2O2/c1-13(2)12-14-6-5-7-15(8-10-16-3)9-11-17-4/h13-14H,5-12H2,1-4H3. The van der Waals surface area contributed by atoms with E-state index in [1.54, 1.807) is 14.2 Å². The van der Waals surface area contributed by atoms with Gasteiger partial charge in [0.1, 0.15) is 0 Å². The van der Waals surface area contributed by atoms with E-state index in [-0.39, 0.29) is 0 Å². The van der Waals surface area contributed by atoms with Gasteiger partial charge in [-0.25, -0.2) is 0 Å². The van der Waals surface area contributed by atoms with Crippen LogP contribution in [0.25, 0.3) is 0 Å². The van der Waals surface area contributed by atoms with Crippen LogP contribution in [-0.2, 0) is 9.47 Å². The van der Waals surface area contributed by atoms with Crippen LogP contribution in [0.3, 0.4) is 0 Å². The fourth-order valence-corrected chi connectivity index (χ4v) is 1.59. The van der Waals surface area contributed by atoms with Gasteiger partial charge in [-0.15, -0.1) is 0 Å². The third kappa shape index (κ3) is 12.1. The van der Waals surface area contributed by atoms with Crippen LogP contribution in [0, 0.1) is 5.92 Å². The Morgan fingerprint density at radius 3 is 2.06 bits per heavy atom. The summed E-state index contributed by atoms with van der Waals surface area (Å²) in [5, 5.41) is 3.46. The second kappa shape index (κ2) is 12.3. The molecule has 0 amide bonds. The van der Waals surface area contributed by atoms with Crippen molar-refractivity contribution in [2.75, 3.05) is 60.2 Å². The van der Waals surface area contributed by atoms with E-state index in [1.165, 1.54) is 6.42 Å². The van der Waals surface area contributed by atoms with Crippen molar-refractivity contribution in [1.82, 2.24) is 10.2 Å². The first kappa shape index (κ1) is 16.8. The van der Waals surface area contributed by atoms with E-state index in [9.17, 15) is 0 Å². The molecule has 0 unspecified atom stereocenters. The van der Waals surface area contributed by atoms with Crippen molar-refractivity contribution in [1.29, 1.82) is 0 Å². The Morgan fingerprint density at radius 1 is 1.00 bits per heavy atom. The van der Waals surface area contributed by atoms with Crippen LogP contribution in [0.2, 0.25) is 0 Å².